The van der Waals surface area contributed by atoms with Gasteiger partial charge in [-0.25, -0.2) is 14.2 Å². The highest BCUT2D eigenvalue weighted by molar-refractivity contribution is 5.89. The molecule has 0 aliphatic carbocycles. The Balaban J connectivity index is 2.04. The number of nitrogens with zero attached hydrogens (tertiary/aromatic N) is 2. The van der Waals surface area contributed by atoms with Gasteiger partial charge in [-0.05, 0) is 36.8 Å². The molecular weight excluding hydrogens is 375 g/mol. The molecule has 7 heteroatoms. The number of rotatable bonds is 7. The van der Waals surface area contributed by atoms with Gasteiger partial charge < -0.3 is 20.2 Å². The number of aliphatic hydroxyl groups is 1. The molecule has 0 unspecified atom stereocenters. The number of aromatic carboxylic acids is 1. The summed E-state index contributed by atoms with van der Waals surface area (Å²) in [5.74, 6) is -2.27. The Hall–Kier alpha value is -3.45. The van der Waals surface area contributed by atoms with Gasteiger partial charge in [0, 0.05) is 35.6 Å². The lowest BCUT2D eigenvalue weighted by Crippen LogP contribution is -2.24. The Kier molecular flexibility index (Phi) is 6.09. The smallest absolute Gasteiger partial charge is 0.358 e. The van der Waals surface area contributed by atoms with Gasteiger partial charge in [-0.15, -0.1) is 0 Å². The molecule has 0 saturated heterocycles. The number of aliphatic hydroxyl groups excluding tert-OH is 1. The summed E-state index contributed by atoms with van der Waals surface area (Å²) in [7, 11) is 0. The maximum atomic E-state index is 13.4. The second kappa shape index (κ2) is 8.70. The highest BCUT2D eigenvalue weighted by atomic mass is 19.1. The average molecular weight is 396 g/mol. The summed E-state index contributed by atoms with van der Waals surface area (Å²) < 4.78 is 13.4. The van der Waals surface area contributed by atoms with Crippen LogP contribution < -0.4 is 4.90 Å². The van der Waals surface area contributed by atoms with E-state index in [0.29, 0.717) is 17.8 Å². The molecule has 29 heavy (non-hydrogen) atoms. The fourth-order valence-electron chi connectivity index (χ4n) is 3.21. The van der Waals surface area contributed by atoms with Crippen molar-refractivity contribution in [3.05, 3.63) is 88.5 Å². The molecule has 0 fully saturated rings. The first-order valence-electron chi connectivity index (χ1n) is 9.00. The number of aryl methyl sites for hydroxylation is 1. The van der Waals surface area contributed by atoms with Crippen LogP contribution in [0, 0.1) is 12.7 Å². The quantitative estimate of drug-likeness (QED) is 0.565. The number of hydrogen-bond donors (Lipinski definition) is 3. The Morgan fingerprint density at radius 3 is 2.28 bits per heavy atom. The molecule has 6 nitrogen and oxygen atoms in total. The van der Waals surface area contributed by atoms with Crippen molar-refractivity contribution in [3.63, 3.8) is 0 Å². The number of carboxylic acids is 1. The first-order valence-corrected chi connectivity index (χ1v) is 9.00. The highest BCUT2D eigenvalue weighted by Gasteiger charge is 2.22. The first-order chi connectivity index (χ1) is 13.9. The van der Waals surface area contributed by atoms with Crippen LogP contribution in [0.15, 0.2) is 54.6 Å². The average Bonchev–Trinajstić information content (AvgIpc) is 2.71. The van der Waals surface area contributed by atoms with Crippen LogP contribution in [0.2, 0.25) is 0 Å². The van der Waals surface area contributed by atoms with E-state index in [0.717, 1.165) is 11.3 Å². The maximum absolute atomic E-state index is 13.4. The van der Waals surface area contributed by atoms with E-state index in [1.165, 1.54) is 12.1 Å². The molecule has 0 spiro atoms. The van der Waals surface area contributed by atoms with Crippen molar-refractivity contribution in [2.24, 2.45) is 0 Å². The molecule has 0 radical (unpaired) electrons. The summed E-state index contributed by atoms with van der Waals surface area (Å²) in [5, 5.41) is 29.3. The van der Waals surface area contributed by atoms with E-state index in [9.17, 15) is 24.5 Å². The van der Waals surface area contributed by atoms with Gasteiger partial charge in [-0.3, -0.25) is 0 Å². The SMILES string of the molecule is Cc1nc(C(=O)O)c(O)c(CO)c1CN(Cc1ccccc1)c1ccc(F)cc1. The van der Waals surface area contributed by atoms with Gasteiger partial charge in [-0.1, -0.05) is 30.3 Å². The minimum atomic E-state index is -1.37. The molecule has 1 aromatic heterocycles. The van der Waals surface area contributed by atoms with Crippen LogP contribution in [0.25, 0.3) is 0 Å². The standard InChI is InChI=1S/C22H21FN2O4/c1-14-18(19(13-26)21(27)20(24-14)22(28)29)12-25(11-15-5-3-2-4-6-15)17-9-7-16(23)8-10-17/h2-10,26-27H,11-13H2,1H3,(H,28,29). The van der Waals surface area contributed by atoms with Crippen LogP contribution in [0.3, 0.4) is 0 Å². The number of hydrogen-bond acceptors (Lipinski definition) is 5. The Labute approximate surface area is 167 Å². The lowest BCUT2D eigenvalue weighted by molar-refractivity contribution is 0.0686. The predicted octanol–water partition coefficient (Wildman–Crippen LogP) is 3.63. The lowest BCUT2D eigenvalue weighted by Gasteiger charge is -2.27. The van der Waals surface area contributed by atoms with Crippen molar-refractivity contribution in [2.45, 2.75) is 26.6 Å². The zero-order valence-electron chi connectivity index (χ0n) is 15.8. The van der Waals surface area contributed by atoms with Crippen LogP contribution in [-0.2, 0) is 19.7 Å². The number of benzene rings is 2. The van der Waals surface area contributed by atoms with Crippen molar-refractivity contribution in [2.75, 3.05) is 4.90 Å². The molecule has 0 saturated carbocycles. The van der Waals surface area contributed by atoms with E-state index in [4.69, 9.17) is 0 Å². The summed E-state index contributed by atoms with van der Waals surface area (Å²) in [6.07, 6.45) is 0. The fourth-order valence-corrected chi connectivity index (χ4v) is 3.21. The van der Waals surface area contributed by atoms with E-state index < -0.39 is 24.0 Å². The summed E-state index contributed by atoms with van der Waals surface area (Å²) in [6.45, 7) is 1.82. The normalized spacial score (nSPS) is 10.7. The molecule has 0 atom stereocenters. The number of anilines is 1. The summed E-state index contributed by atoms with van der Waals surface area (Å²) in [4.78, 5) is 17.3. The molecule has 3 rings (SSSR count). The third-order valence-corrected chi connectivity index (χ3v) is 4.71. The van der Waals surface area contributed by atoms with E-state index in [1.807, 2.05) is 35.2 Å². The second-order valence-electron chi connectivity index (χ2n) is 6.63. The minimum absolute atomic E-state index is 0.120. The summed E-state index contributed by atoms with van der Waals surface area (Å²) >= 11 is 0. The van der Waals surface area contributed by atoms with E-state index >= 15 is 0 Å². The predicted molar refractivity (Wildman–Crippen MR) is 106 cm³/mol. The van der Waals surface area contributed by atoms with Gasteiger partial charge in [0.1, 0.15) is 5.82 Å². The zero-order chi connectivity index (χ0) is 21.0. The molecule has 150 valence electrons. The first kappa shape index (κ1) is 20.3. The molecule has 3 N–H and O–H groups in total. The van der Waals surface area contributed by atoms with E-state index in [2.05, 4.69) is 4.98 Å². The molecule has 0 aliphatic rings. The van der Waals surface area contributed by atoms with Crippen LogP contribution in [-0.4, -0.2) is 26.3 Å². The van der Waals surface area contributed by atoms with Crippen molar-refractivity contribution < 1.29 is 24.5 Å². The summed E-state index contributed by atoms with van der Waals surface area (Å²) in [5.41, 5.74) is 2.29. The summed E-state index contributed by atoms with van der Waals surface area (Å²) in [6, 6.07) is 15.7. The van der Waals surface area contributed by atoms with Crippen molar-refractivity contribution in [3.8, 4) is 5.75 Å². The second-order valence-corrected chi connectivity index (χ2v) is 6.63. The highest BCUT2D eigenvalue weighted by Crippen LogP contribution is 2.30. The van der Waals surface area contributed by atoms with Crippen molar-refractivity contribution >= 4 is 11.7 Å². The number of carbonyl (C=O) groups is 1. The topological polar surface area (TPSA) is 93.9 Å². The molecule has 2 aromatic carbocycles. The molecule has 0 aliphatic heterocycles. The van der Waals surface area contributed by atoms with Crippen LogP contribution >= 0.6 is 0 Å². The maximum Gasteiger partial charge on any atom is 0.358 e. The van der Waals surface area contributed by atoms with Gasteiger partial charge in [0.25, 0.3) is 0 Å². The van der Waals surface area contributed by atoms with Gasteiger partial charge in [0.2, 0.25) is 0 Å². The molecule has 0 bridgehead atoms. The van der Waals surface area contributed by atoms with Crippen molar-refractivity contribution in [1.29, 1.82) is 0 Å². The van der Waals surface area contributed by atoms with Gasteiger partial charge in [-0.2, -0.15) is 0 Å². The number of aromatic nitrogens is 1. The number of pyridine rings is 1. The van der Waals surface area contributed by atoms with Gasteiger partial charge in [0.05, 0.1) is 6.61 Å². The fraction of sp³-hybridized carbons (Fsp3) is 0.182. The number of aromatic hydroxyl groups is 1. The van der Waals surface area contributed by atoms with E-state index in [1.54, 1.807) is 19.1 Å². The largest absolute Gasteiger partial charge is 0.505 e. The third kappa shape index (κ3) is 4.52. The number of carboxylic acid groups (broad SMARTS) is 1. The monoisotopic (exact) mass is 396 g/mol. The van der Waals surface area contributed by atoms with Gasteiger partial charge >= 0.3 is 5.97 Å². The Morgan fingerprint density at radius 2 is 1.69 bits per heavy atom. The Bertz CT molecular complexity index is 1010. The third-order valence-electron chi connectivity index (χ3n) is 4.71. The van der Waals surface area contributed by atoms with Crippen LogP contribution in [0.1, 0.15) is 32.9 Å². The zero-order valence-corrected chi connectivity index (χ0v) is 15.8. The van der Waals surface area contributed by atoms with Gasteiger partial charge in [0.15, 0.2) is 11.4 Å². The van der Waals surface area contributed by atoms with Crippen LogP contribution in [0.5, 0.6) is 5.75 Å². The number of halogens is 1. The molecule has 0 amide bonds. The molecular formula is C22H21FN2O4. The lowest BCUT2D eigenvalue weighted by atomic mass is 10.0. The Morgan fingerprint density at radius 1 is 1.03 bits per heavy atom. The van der Waals surface area contributed by atoms with E-state index in [-0.39, 0.29) is 17.9 Å². The molecule has 1 heterocycles. The molecule has 3 aromatic rings. The minimum Gasteiger partial charge on any atom is -0.505 e. The van der Waals surface area contributed by atoms with Crippen molar-refractivity contribution in [1.82, 2.24) is 4.98 Å². The van der Waals surface area contributed by atoms with Crippen LogP contribution in [0.4, 0.5) is 10.1 Å².